The number of methoxy groups -OCH3 is 1. The van der Waals surface area contributed by atoms with Gasteiger partial charge in [0, 0.05) is 0 Å². The van der Waals surface area contributed by atoms with E-state index in [1.54, 1.807) is 6.07 Å². The van der Waals surface area contributed by atoms with Crippen LogP contribution in [0.1, 0.15) is 5.56 Å². The Labute approximate surface area is 94.5 Å². The molecule has 0 aromatic heterocycles. The van der Waals surface area contributed by atoms with E-state index in [2.05, 4.69) is 0 Å². The van der Waals surface area contributed by atoms with Crippen LogP contribution in [0.4, 0.5) is 4.39 Å². The van der Waals surface area contributed by atoms with Crippen molar-refractivity contribution in [3.05, 3.63) is 53.8 Å². The molecule has 2 rings (SSSR count). The lowest BCUT2D eigenvalue weighted by molar-refractivity contribution is 0.386. The summed E-state index contributed by atoms with van der Waals surface area (Å²) in [6.07, 6.45) is 0. The Morgan fingerprint density at radius 2 is 1.56 bits per heavy atom. The fourth-order valence-corrected chi connectivity index (χ4v) is 1.59. The smallest absolute Gasteiger partial charge is 0.165 e. The zero-order valence-corrected chi connectivity index (χ0v) is 9.33. The van der Waals surface area contributed by atoms with Crippen LogP contribution < -0.4 is 4.74 Å². The molecule has 0 aliphatic heterocycles. The standard InChI is InChI=1S/C14H13FO/c1-10-3-5-11(6-4-10)12-7-8-14(16-2)13(15)9-12/h3-9H,1-2H3. The minimum Gasteiger partial charge on any atom is -0.494 e. The van der Waals surface area contributed by atoms with E-state index in [1.165, 1.54) is 18.7 Å². The van der Waals surface area contributed by atoms with Gasteiger partial charge in [-0.3, -0.25) is 0 Å². The monoisotopic (exact) mass is 216 g/mol. The van der Waals surface area contributed by atoms with Gasteiger partial charge in [-0.05, 0) is 30.2 Å². The number of hydrogen-bond donors (Lipinski definition) is 0. The molecule has 2 aromatic carbocycles. The van der Waals surface area contributed by atoms with Crippen molar-refractivity contribution in [2.24, 2.45) is 0 Å². The average molecular weight is 216 g/mol. The maximum absolute atomic E-state index is 13.5. The highest BCUT2D eigenvalue weighted by Crippen LogP contribution is 2.25. The summed E-state index contributed by atoms with van der Waals surface area (Å²) in [5.41, 5.74) is 3.06. The first-order valence-corrected chi connectivity index (χ1v) is 5.11. The lowest BCUT2D eigenvalue weighted by Gasteiger charge is -2.05. The number of hydrogen-bond acceptors (Lipinski definition) is 1. The van der Waals surface area contributed by atoms with Gasteiger partial charge in [0.2, 0.25) is 0 Å². The maximum Gasteiger partial charge on any atom is 0.165 e. The number of halogens is 1. The largest absolute Gasteiger partial charge is 0.494 e. The minimum absolute atomic E-state index is 0.274. The summed E-state index contributed by atoms with van der Waals surface area (Å²) in [6.45, 7) is 2.03. The molecule has 0 radical (unpaired) electrons. The third kappa shape index (κ3) is 2.06. The van der Waals surface area contributed by atoms with Crippen LogP contribution in [0.15, 0.2) is 42.5 Å². The van der Waals surface area contributed by atoms with Crippen molar-refractivity contribution >= 4 is 0 Å². The van der Waals surface area contributed by atoms with E-state index in [1.807, 2.05) is 37.3 Å². The predicted octanol–water partition coefficient (Wildman–Crippen LogP) is 3.81. The number of aryl methyl sites for hydroxylation is 1. The van der Waals surface area contributed by atoms with E-state index in [0.29, 0.717) is 0 Å². The highest BCUT2D eigenvalue weighted by molar-refractivity contribution is 5.64. The topological polar surface area (TPSA) is 9.23 Å². The molecule has 0 heterocycles. The van der Waals surface area contributed by atoms with Gasteiger partial charge in [-0.15, -0.1) is 0 Å². The van der Waals surface area contributed by atoms with Crippen LogP contribution >= 0.6 is 0 Å². The van der Waals surface area contributed by atoms with Crippen molar-refractivity contribution < 1.29 is 9.13 Å². The minimum atomic E-state index is -0.333. The van der Waals surface area contributed by atoms with Crippen molar-refractivity contribution in [2.75, 3.05) is 7.11 Å². The Hall–Kier alpha value is -1.83. The molecule has 0 spiro atoms. The van der Waals surface area contributed by atoms with E-state index in [9.17, 15) is 4.39 Å². The average Bonchev–Trinajstić information content (AvgIpc) is 2.30. The molecule has 82 valence electrons. The summed E-state index contributed by atoms with van der Waals surface area (Å²) >= 11 is 0. The summed E-state index contributed by atoms with van der Waals surface area (Å²) in [5, 5.41) is 0. The van der Waals surface area contributed by atoms with E-state index in [0.717, 1.165) is 11.1 Å². The van der Waals surface area contributed by atoms with Crippen molar-refractivity contribution in [1.82, 2.24) is 0 Å². The van der Waals surface area contributed by atoms with Gasteiger partial charge >= 0.3 is 0 Å². The summed E-state index contributed by atoms with van der Waals surface area (Å²) in [7, 11) is 1.46. The number of rotatable bonds is 2. The van der Waals surface area contributed by atoms with Crippen LogP contribution in [-0.4, -0.2) is 7.11 Å². The van der Waals surface area contributed by atoms with Gasteiger partial charge in [0.05, 0.1) is 7.11 Å². The summed E-state index contributed by atoms with van der Waals surface area (Å²) in [4.78, 5) is 0. The number of benzene rings is 2. The first kappa shape index (κ1) is 10.7. The van der Waals surface area contributed by atoms with Gasteiger partial charge in [-0.25, -0.2) is 4.39 Å². The third-order valence-corrected chi connectivity index (χ3v) is 2.54. The molecular formula is C14H13FO. The third-order valence-electron chi connectivity index (χ3n) is 2.54. The summed E-state index contributed by atoms with van der Waals surface area (Å²) in [5.74, 6) is -0.0589. The molecule has 0 saturated carbocycles. The fraction of sp³-hybridized carbons (Fsp3) is 0.143. The van der Waals surface area contributed by atoms with E-state index in [4.69, 9.17) is 4.74 Å². The van der Waals surface area contributed by atoms with Gasteiger partial charge in [0.15, 0.2) is 11.6 Å². The molecule has 0 amide bonds. The Bertz CT molecular complexity index is 489. The molecule has 0 N–H and O–H groups in total. The fourth-order valence-electron chi connectivity index (χ4n) is 1.59. The van der Waals surface area contributed by atoms with E-state index < -0.39 is 0 Å². The Kier molecular flexibility index (Phi) is 2.91. The number of ether oxygens (including phenoxy) is 1. The Balaban J connectivity index is 2.41. The van der Waals surface area contributed by atoms with Crippen LogP contribution in [0.25, 0.3) is 11.1 Å². The zero-order valence-electron chi connectivity index (χ0n) is 9.33. The molecule has 0 aliphatic carbocycles. The highest BCUT2D eigenvalue weighted by Gasteiger charge is 2.04. The molecule has 1 nitrogen and oxygen atoms in total. The summed E-state index contributed by atoms with van der Waals surface area (Å²) in [6, 6.07) is 13.0. The van der Waals surface area contributed by atoms with Gasteiger partial charge in [0.1, 0.15) is 0 Å². The Morgan fingerprint density at radius 3 is 2.12 bits per heavy atom. The molecule has 0 unspecified atom stereocenters. The molecule has 16 heavy (non-hydrogen) atoms. The van der Waals surface area contributed by atoms with Crippen LogP contribution in [0.2, 0.25) is 0 Å². The molecule has 2 aromatic rings. The van der Waals surface area contributed by atoms with E-state index in [-0.39, 0.29) is 11.6 Å². The Morgan fingerprint density at radius 1 is 0.938 bits per heavy atom. The van der Waals surface area contributed by atoms with Crippen LogP contribution in [0.5, 0.6) is 5.75 Å². The predicted molar refractivity (Wildman–Crippen MR) is 63.1 cm³/mol. The molecular weight excluding hydrogens is 203 g/mol. The first-order valence-electron chi connectivity index (χ1n) is 5.11. The highest BCUT2D eigenvalue weighted by atomic mass is 19.1. The summed E-state index contributed by atoms with van der Waals surface area (Å²) < 4.78 is 18.4. The quantitative estimate of drug-likeness (QED) is 0.741. The second-order valence-corrected chi connectivity index (χ2v) is 3.72. The molecule has 0 aliphatic rings. The molecule has 0 atom stereocenters. The molecule has 2 heteroatoms. The van der Waals surface area contributed by atoms with Crippen LogP contribution in [0, 0.1) is 12.7 Å². The van der Waals surface area contributed by atoms with Gasteiger partial charge in [-0.2, -0.15) is 0 Å². The second kappa shape index (κ2) is 4.35. The van der Waals surface area contributed by atoms with Crippen molar-refractivity contribution in [1.29, 1.82) is 0 Å². The second-order valence-electron chi connectivity index (χ2n) is 3.72. The van der Waals surface area contributed by atoms with Crippen LogP contribution in [-0.2, 0) is 0 Å². The molecule has 0 fully saturated rings. The lowest BCUT2D eigenvalue weighted by atomic mass is 10.0. The first-order chi connectivity index (χ1) is 7.70. The van der Waals surface area contributed by atoms with Gasteiger partial charge in [0.25, 0.3) is 0 Å². The molecule has 0 bridgehead atoms. The SMILES string of the molecule is COc1ccc(-c2ccc(C)cc2)cc1F. The zero-order chi connectivity index (χ0) is 11.5. The molecule has 0 saturated heterocycles. The van der Waals surface area contributed by atoms with Crippen LogP contribution in [0.3, 0.4) is 0 Å². The lowest BCUT2D eigenvalue weighted by Crippen LogP contribution is -1.88. The van der Waals surface area contributed by atoms with E-state index >= 15 is 0 Å². The maximum atomic E-state index is 13.5. The van der Waals surface area contributed by atoms with Crippen molar-refractivity contribution in [3.8, 4) is 16.9 Å². The van der Waals surface area contributed by atoms with Gasteiger partial charge in [-0.1, -0.05) is 35.9 Å². The van der Waals surface area contributed by atoms with Crippen molar-refractivity contribution in [2.45, 2.75) is 6.92 Å². The van der Waals surface area contributed by atoms with Gasteiger partial charge < -0.3 is 4.74 Å². The normalized spacial score (nSPS) is 10.2. The van der Waals surface area contributed by atoms with Crippen molar-refractivity contribution in [3.63, 3.8) is 0 Å².